The monoisotopic (exact) mass is 550 g/mol. The largest absolute Gasteiger partial charge is 3.00 e. The Bertz CT molecular complexity index is 1280. The Hall–Kier alpha value is -1.90. The van der Waals surface area contributed by atoms with E-state index in [-0.39, 0.29) is 51.0 Å². The average molecular weight is 553 g/mol. The average Bonchev–Trinajstić information content (AvgIpc) is 3.51. The Kier molecular flexibility index (Phi) is 9.73. The summed E-state index contributed by atoms with van der Waals surface area (Å²) >= 11 is 1.85. The van der Waals surface area contributed by atoms with E-state index in [2.05, 4.69) is 96.0 Å². The predicted molar refractivity (Wildman–Crippen MR) is 127 cm³/mol. The summed E-state index contributed by atoms with van der Waals surface area (Å²) in [5.74, 6) is 0. The number of fused-ring (bicyclic) bond motifs is 2. The van der Waals surface area contributed by atoms with E-state index in [0.717, 1.165) is 11.4 Å². The summed E-state index contributed by atoms with van der Waals surface area (Å²) < 4.78 is 0. The van der Waals surface area contributed by atoms with Crippen molar-refractivity contribution in [1.82, 2.24) is 0 Å². The maximum absolute atomic E-state index is 4.27. The summed E-state index contributed by atoms with van der Waals surface area (Å²) in [6, 6.07) is 28.1. The maximum Gasteiger partial charge on any atom is 3.00 e. The first-order valence-corrected chi connectivity index (χ1v) is 10.5. The third-order valence-corrected chi connectivity index (χ3v) is 6.24. The van der Waals surface area contributed by atoms with E-state index in [9.17, 15) is 0 Å². The van der Waals surface area contributed by atoms with Crippen LogP contribution in [0.2, 0.25) is 0 Å². The SMILES string of the molecule is CC1=NC2=CC=CC2=C1.[Cl-].[Cl-].[Zr+3].c1ccc(-c2ccc(-c3cc4ccccc4[cH-]3)s2)cc1. The van der Waals surface area contributed by atoms with Crippen molar-refractivity contribution >= 4 is 27.8 Å². The fourth-order valence-electron chi connectivity index (χ4n) is 3.64. The van der Waals surface area contributed by atoms with Crippen molar-refractivity contribution in [3.8, 4) is 20.9 Å². The van der Waals surface area contributed by atoms with Gasteiger partial charge in [0.2, 0.25) is 0 Å². The Balaban J connectivity index is 0.000000259. The van der Waals surface area contributed by atoms with E-state index in [1.807, 2.05) is 30.4 Å². The summed E-state index contributed by atoms with van der Waals surface area (Å²) in [6.07, 6.45) is 8.23. The molecule has 32 heavy (non-hydrogen) atoms. The van der Waals surface area contributed by atoms with Gasteiger partial charge < -0.3 is 24.8 Å². The quantitative estimate of drug-likeness (QED) is 0.337. The Morgan fingerprint density at radius 1 is 0.844 bits per heavy atom. The standard InChI is InChI=1S/C19H13S.C8H7N.2ClH.Zr/c1-2-6-14(7-3-1)18-10-11-19(20-18)17-12-15-8-4-5-9-16(15)13-17;1-6-5-7-3-2-4-8(7)9-6;;;/h1-13H;2-5H,1H3;2*1H;/q-1;;;;+3/p-2. The minimum absolute atomic E-state index is 0. The summed E-state index contributed by atoms with van der Waals surface area (Å²) in [7, 11) is 0. The molecule has 1 aromatic heterocycles. The van der Waals surface area contributed by atoms with Crippen LogP contribution in [0.4, 0.5) is 0 Å². The van der Waals surface area contributed by atoms with Crippen molar-refractivity contribution in [2.45, 2.75) is 6.92 Å². The second kappa shape index (κ2) is 11.8. The van der Waals surface area contributed by atoms with Crippen LogP contribution in [0.5, 0.6) is 0 Å². The van der Waals surface area contributed by atoms with Gasteiger partial charge in [-0.15, -0.1) is 34.5 Å². The van der Waals surface area contributed by atoms with Gasteiger partial charge in [-0.1, -0.05) is 72.8 Å². The molecule has 0 amide bonds. The van der Waals surface area contributed by atoms with E-state index in [4.69, 9.17) is 0 Å². The van der Waals surface area contributed by atoms with Gasteiger partial charge in [0.25, 0.3) is 0 Å². The van der Waals surface area contributed by atoms with Gasteiger partial charge in [-0.3, -0.25) is 4.99 Å². The number of benzene rings is 2. The maximum atomic E-state index is 4.27. The van der Waals surface area contributed by atoms with E-state index in [0.29, 0.717) is 0 Å². The molecule has 2 heterocycles. The molecule has 1 nitrogen and oxygen atoms in total. The summed E-state index contributed by atoms with van der Waals surface area (Å²) in [5, 5.41) is 2.63. The third kappa shape index (κ3) is 5.71. The van der Waals surface area contributed by atoms with Gasteiger partial charge in [-0.2, -0.15) is 11.3 Å². The van der Waals surface area contributed by atoms with E-state index in [1.165, 1.54) is 37.2 Å². The number of nitrogens with zero attached hydrogens (tertiary/aromatic N) is 1. The van der Waals surface area contributed by atoms with Gasteiger partial charge in [0.15, 0.2) is 0 Å². The first-order valence-electron chi connectivity index (χ1n) is 9.73. The normalized spacial score (nSPS) is 12.8. The molecule has 0 unspecified atom stereocenters. The zero-order chi connectivity index (χ0) is 19.6. The molecule has 0 bridgehead atoms. The molecule has 0 saturated heterocycles. The van der Waals surface area contributed by atoms with Gasteiger partial charge in [-0.05, 0) is 29.5 Å². The number of thiophene rings is 1. The molecule has 1 aliphatic carbocycles. The molecule has 0 spiro atoms. The van der Waals surface area contributed by atoms with E-state index < -0.39 is 0 Å². The van der Waals surface area contributed by atoms with Crippen LogP contribution < -0.4 is 24.8 Å². The Morgan fingerprint density at radius 2 is 1.56 bits per heavy atom. The van der Waals surface area contributed by atoms with Crippen molar-refractivity contribution in [2.24, 2.45) is 4.99 Å². The molecule has 3 aromatic carbocycles. The van der Waals surface area contributed by atoms with Crippen LogP contribution in [-0.4, -0.2) is 5.71 Å². The molecule has 0 saturated carbocycles. The molecule has 0 fully saturated rings. The van der Waals surface area contributed by atoms with Crippen molar-refractivity contribution in [3.63, 3.8) is 0 Å². The van der Waals surface area contributed by atoms with E-state index in [1.54, 1.807) is 0 Å². The molecule has 5 heteroatoms. The minimum atomic E-state index is 0. The smallest absolute Gasteiger partial charge is 1.00 e. The van der Waals surface area contributed by atoms with Crippen LogP contribution in [0.15, 0.2) is 119 Å². The predicted octanol–water partition coefficient (Wildman–Crippen LogP) is 1.80. The number of aliphatic imine (C=N–C) groups is 1. The molecule has 0 N–H and O–H groups in total. The van der Waals surface area contributed by atoms with Gasteiger partial charge in [0.05, 0.1) is 5.70 Å². The summed E-state index contributed by atoms with van der Waals surface area (Å²) in [6.45, 7) is 2.01. The van der Waals surface area contributed by atoms with Crippen molar-refractivity contribution in [2.75, 3.05) is 0 Å². The second-order valence-corrected chi connectivity index (χ2v) is 8.25. The van der Waals surface area contributed by atoms with Crippen LogP contribution >= 0.6 is 11.3 Å². The second-order valence-electron chi connectivity index (χ2n) is 7.17. The van der Waals surface area contributed by atoms with Crippen LogP contribution in [0.3, 0.4) is 0 Å². The molecule has 2 aliphatic rings. The van der Waals surface area contributed by atoms with E-state index >= 15 is 0 Å². The van der Waals surface area contributed by atoms with Crippen LogP contribution in [0.1, 0.15) is 6.92 Å². The zero-order valence-corrected chi connectivity index (χ0v) is 22.2. The van der Waals surface area contributed by atoms with Gasteiger partial charge >= 0.3 is 26.2 Å². The van der Waals surface area contributed by atoms with Gasteiger partial charge in [-0.25, -0.2) is 0 Å². The molecule has 6 rings (SSSR count). The minimum Gasteiger partial charge on any atom is -1.00 e. The van der Waals surface area contributed by atoms with Crippen LogP contribution in [-0.2, 0) is 26.2 Å². The number of hydrogen-bond acceptors (Lipinski definition) is 2. The van der Waals surface area contributed by atoms with Crippen LogP contribution in [0.25, 0.3) is 31.7 Å². The number of allylic oxidation sites excluding steroid dienone is 4. The number of halogens is 2. The molecule has 157 valence electrons. The topological polar surface area (TPSA) is 12.4 Å². The molecule has 4 aromatic rings. The fraction of sp³-hybridized carbons (Fsp3) is 0.0370. The zero-order valence-electron chi connectivity index (χ0n) is 17.4. The summed E-state index contributed by atoms with van der Waals surface area (Å²) in [5.41, 5.74) is 6.10. The fourth-order valence-corrected chi connectivity index (χ4v) is 4.64. The van der Waals surface area contributed by atoms with Crippen molar-refractivity contribution < 1.29 is 51.0 Å². The molecular weight excluding hydrogens is 533 g/mol. The van der Waals surface area contributed by atoms with Gasteiger partial charge in [0.1, 0.15) is 0 Å². The molecule has 1 radical (unpaired) electrons. The number of rotatable bonds is 2. The van der Waals surface area contributed by atoms with Gasteiger partial charge in [0, 0.05) is 16.2 Å². The van der Waals surface area contributed by atoms with Crippen molar-refractivity contribution in [3.05, 3.63) is 114 Å². The Morgan fingerprint density at radius 3 is 2.31 bits per heavy atom. The third-order valence-electron chi connectivity index (χ3n) is 5.05. The molecular formula is C27H20Cl2NSZr. The summed E-state index contributed by atoms with van der Waals surface area (Å²) in [4.78, 5) is 6.93. The number of hydrogen-bond donors (Lipinski definition) is 0. The van der Waals surface area contributed by atoms with Crippen LogP contribution in [0, 0.1) is 0 Å². The first-order chi connectivity index (χ1) is 14.3. The molecule has 1 aliphatic heterocycles. The Labute approximate surface area is 224 Å². The van der Waals surface area contributed by atoms with Crippen molar-refractivity contribution in [1.29, 1.82) is 0 Å². The molecule has 0 atom stereocenters. The first kappa shape index (κ1) is 26.4.